The molecule has 0 radical (unpaired) electrons. The van der Waals surface area contributed by atoms with Gasteiger partial charge in [0.25, 0.3) is 0 Å². The topological polar surface area (TPSA) is 33.2 Å². The van der Waals surface area contributed by atoms with Gasteiger partial charge in [-0.15, -0.1) is 11.3 Å². The minimum absolute atomic E-state index is 0.502. The molecule has 1 fully saturated rings. The molecule has 0 N–H and O–H groups in total. The SMILES string of the molecule is Cc1nc(N(C)C2CC2)sc1CC=O. The van der Waals surface area contributed by atoms with Gasteiger partial charge < -0.3 is 9.69 Å². The molecule has 76 valence electrons. The van der Waals surface area contributed by atoms with Crippen molar-refractivity contribution >= 4 is 22.8 Å². The van der Waals surface area contributed by atoms with Crippen LogP contribution < -0.4 is 4.90 Å². The van der Waals surface area contributed by atoms with Crippen molar-refractivity contribution in [3.05, 3.63) is 10.6 Å². The predicted octanol–water partition coefficient (Wildman–Crippen LogP) is 1.79. The molecule has 2 rings (SSSR count). The van der Waals surface area contributed by atoms with E-state index < -0.39 is 0 Å². The van der Waals surface area contributed by atoms with Crippen LogP contribution in [-0.2, 0) is 11.2 Å². The fourth-order valence-electron chi connectivity index (χ4n) is 1.45. The van der Waals surface area contributed by atoms with Crippen LogP contribution in [0, 0.1) is 6.92 Å². The zero-order valence-electron chi connectivity index (χ0n) is 8.49. The summed E-state index contributed by atoms with van der Waals surface area (Å²) in [5.74, 6) is 0. The summed E-state index contributed by atoms with van der Waals surface area (Å²) in [6.45, 7) is 1.97. The van der Waals surface area contributed by atoms with Crippen molar-refractivity contribution in [2.45, 2.75) is 32.2 Å². The molecule has 1 aromatic heterocycles. The first-order valence-corrected chi connectivity index (χ1v) is 5.66. The number of carbonyl (C=O) groups is 1. The van der Waals surface area contributed by atoms with Crippen LogP contribution in [0.4, 0.5) is 5.13 Å². The van der Waals surface area contributed by atoms with Crippen LogP contribution in [0.15, 0.2) is 0 Å². The molecule has 3 nitrogen and oxygen atoms in total. The second kappa shape index (κ2) is 3.69. The van der Waals surface area contributed by atoms with E-state index in [4.69, 9.17) is 0 Å². The summed E-state index contributed by atoms with van der Waals surface area (Å²) in [4.78, 5) is 18.2. The fourth-order valence-corrected chi connectivity index (χ4v) is 2.49. The van der Waals surface area contributed by atoms with Gasteiger partial charge in [0.05, 0.1) is 5.69 Å². The van der Waals surface area contributed by atoms with E-state index in [0.717, 1.165) is 22.0 Å². The van der Waals surface area contributed by atoms with Gasteiger partial charge in [0.1, 0.15) is 6.29 Å². The third kappa shape index (κ3) is 1.80. The third-order valence-electron chi connectivity index (χ3n) is 2.55. The highest BCUT2D eigenvalue weighted by Gasteiger charge is 2.28. The second-order valence-electron chi connectivity index (χ2n) is 3.72. The Labute approximate surface area is 87.8 Å². The van der Waals surface area contributed by atoms with E-state index in [2.05, 4.69) is 16.9 Å². The van der Waals surface area contributed by atoms with E-state index in [-0.39, 0.29) is 0 Å². The molecule has 1 aliphatic carbocycles. The average molecular weight is 210 g/mol. The minimum Gasteiger partial charge on any atom is -0.348 e. The molecule has 0 saturated heterocycles. The normalized spacial score (nSPS) is 15.6. The first kappa shape index (κ1) is 9.65. The van der Waals surface area contributed by atoms with Gasteiger partial charge in [-0.2, -0.15) is 0 Å². The lowest BCUT2D eigenvalue weighted by molar-refractivity contribution is -0.107. The van der Waals surface area contributed by atoms with E-state index in [1.807, 2.05) is 6.92 Å². The molecular formula is C10H14N2OS. The summed E-state index contributed by atoms with van der Waals surface area (Å²) >= 11 is 1.64. The Kier molecular flexibility index (Phi) is 2.54. The standard InChI is InChI=1S/C10H14N2OS/c1-7-9(5-6-13)14-10(11-7)12(2)8-3-4-8/h6,8H,3-5H2,1-2H3. The highest BCUT2D eigenvalue weighted by Crippen LogP contribution is 2.33. The molecule has 0 amide bonds. The van der Waals surface area contributed by atoms with E-state index >= 15 is 0 Å². The Balaban J connectivity index is 2.17. The van der Waals surface area contributed by atoms with Gasteiger partial charge in [-0.1, -0.05) is 0 Å². The Bertz CT molecular complexity index is 344. The number of aromatic nitrogens is 1. The summed E-state index contributed by atoms with van der Waals surface area (Å²) in [6.07, 6.45) is 4.00. The molecule has 0 unspecified atom stereocenters. The summed E-state index contributed by atoms with van der Waals surface area (Å²) in [6, 6.07) is 0.685. The Morgan fingerprint density at radius 1 is 1.64 bits per heavy atom. The van der Waals surface area contributed by atoms with Crippen molar-refractivity contribution < 1.29 is 4.79 Å². The molecular weight excluding hydrogens is 196 g/mol. The Morgan fingerprint density at radius 3 is 2.93 bits per heavy atom. The van der Waals surface area contributed by atoms with Gasteiger partial charge >= 0.3 is 0 Å². The number of aryl methyl sites for hydroxylation is 1. The molecule has 0 atom stereocenters. The lowest BCUT2D eigenvalue weighted by atomic mass is 10.3. The van der Waals surface area contributed by atoms with Crippen molar-refractivity contribution in [1.82, 2.24) is 4.98 Å². The maximum atomic E-state index is 10.4. The quantitative estimate of drug-likeness (QED) is 0.710. The number of anilines is 1. The minimum atomic E-state index is 0.502. The third-order valence-corrected chi connectivity index (χ3v) is 3.82. The van der Waals surface area contributed by atoms with Gasteiger partial charge in [-0.05, 0) is 19.8 Å². The first-order chi connectivity index (χ1) is 6.72. The molecule has 4 heteroatoms. The van der Waals surface area contributed by atoms with Crippen LogP contribution in [0.2, 0.25) is 0 Å². The van der Waals surface area contributed by atoms with Gasteiger partial charge in [0, 0.05) is 24.4 Å². The van der Waals surface area contributed by atoms with Crippen LogP contribution in [0.1, 0.15) is 23.4 Å². The molecule has 0 aromatic carbocycles. The van der Waals surface area contributed by atoms with E-state index in [1.165, 1.54) is 12.8 Å². The number of hydrogen-bond donors (Lipinski definition) is 0. The first-order valence-electron chi connectivity index (χ1n) is 4.85. The summed E-state index contributed by atoms with van der Waals surface area (Å²) in [5.41, 5.74) is 1.00. The lowest BCUT2D eigenvalue weighted by Crippen LogP contribution is -2.18. The monoisotopic (exact) mass is 210 g/mol. The van der Waals surface area contributed by atoms with Gasteiger partial charge in [-0.25, -0.2) is 4.98 Å². The summed E-state index contributed by atoms with van der Waals surface area (Å²) in [7, 11) is 2.08. The molecule has 1 aliphatic rings. The molecule has 1 aromatic rings. The predicted molar refractivity (Wildman–Crippen MR) is 58.0 cm³/mol. The molecule has 1 heterocycles. The summed E-state index contributed by atoms with van der Waals surface area (Å²) in [5, 5.41) is 1.06. The van der Waals surface area contributed by atoms with Crippen molar-refractivity contribution in [2.75, 3.05) is 11.9 Å². The van der Waals surface area contributed by atoms with Crippen LogP contribution >= 0.6 is 11.3 Å². The average Bonchev–Trinajstić information content (AvgIpc) is 2.93. The fraction of sp³-hybridized carbons (Fsp3) is 0.600. The molecule has 14 heavy (non-hydrogen) atoms. The Morgan fingerprint density at radius 2 is 2.36 bits per heavy atom. The zero-order valence-corrected chi connectivity index (χ0v) is 9.30. The van der Waals surface area contributed by atoms with E-state index in [0.29, 0.717) is 12.5 Å². The number of rotatable bonds is 4. The van der Waals surface area contributed by atoms with Crippen LogP contribution in [0.3, 0.4) is 0 Å². The van der Waals surface area contributed by atoms with Crippen molar-refractivity contribution in [1.29, 1.82) is 0 Å². The number of nitrogens with zero attached hydrogens (tertiary/aromatic N) is 2. The van der Waals surface area contributed by atoms with E-state index in [1.54, 1.807) is 11.3 Å². The number of hydrogen-bond acceptors (Lipinski definition) is 4. The highest BCUT2D eigenvalue weighted by molar-refractivity contribution is 7.15. The molecule has 0 aliphatic heterocycles. The van der Waals surface area contributed by atoms with Gasteiger partial charge in [0.15, 0.2) is 5.13 Å². The molecule has 0 bridgehead atoms. The van der Waals surface area contributed by atoms with Crippen LogP contribution in [0.5, 0.6) is 0 Å². The van der Waals surface area contributed by atoms with Crippen molar-refractivity contribution in [3.8, 4) is 0 Å². The highest BCUT2D eigenvalue weighted by atomic mass is 32.1. The van der Waals surface area contributed by atoms with Crippen molar-refractivity contribution in [2.24, 2.45) is 0 Å². The van der Waals surface area contributed by atoms with Crippen LogP contribution in [0.25, 0.3) is 0 Å². The van der Waals surface area contributed by atoms with Gasteiger partial charge in [-0.3, -0.25) is 0 Å². The zero-order chi connectivity index (χ0) is 10.1. The number of thiazole rings is 1. The van der Waals surface area contributed by atoms with Crippen molar-refractivity contribution in [3.63, 3.8) is 0 Å². The lowest BCUT2D eigenvalue weighted by Gasteiger charge is -2.13. The maximum Gasteiger partial charge on any atom is 0.185 e. The van der Waals surface area contributed by atoms with E-state index in [9.17, 15) is 4.79 Å². The maximum absolute atomic E-state index is 10.4. The second-order valence-corrected chi connectivity index (χ2v) is 4.78. The number of aldehydes is 1. The Hall–Kier alpha value is -0.900. The smallest absolute Gasteiger partial charge is 0.185 e. The summed E-state index contributed by atoms with van der Waals surface area (Å²) < 4.78 is 0. The largest absolute Gasteiger partial charge is 0.348 e. The molecule has 0 spiro atoms. The number of carbonyl (C=O) groups excluding carboxylic acids is 1. The molecule has 1 saturated carbocycles. The van der Waals surface area contributed by atoms with Crippen LogP contribution in [-0.4, -0.2) is 24.4 Å². The van der Waals surface area contributed by atoms with Gasteiger partial charge in [0.2, 0.25) is 0 Å².